The molecule has 1 fully saturated rings. The average molecular weight is 306 g/mol. The number of hydrogen-bond donors (Lipinski definition) is 2. The molecule has 0 radical (unpaired) electrons. The summed E-state index contributed by atoms with van der Waals surface area (Å²) >= 11 is 1.75. The van der Waals surface area contributed by atoms with E-state index in [2.05, 4.69) is 50.7 Å². The number of aryl methyl sites for hydroxylation is 1. The van der Waals surface area contributed by atoms with E-state index < -0.39 is 0 Å². The zero-order valence-corrected chi connectivity index (χ0v) is 13.6. The maximum absolute atomic E-state index is 4.60. The van der Waals surface area contributed by atoms with Gasteiger partial charge in [-0.15, -0.1) is 11.3 Å². The van der Waals surface area contributed by atoms with Crippen molar-refractivity contribution < 1.29 is 0 Å². The van der Waals surface area contributed by atoms with Gasteiger partial charge in [-0.25, -0.2) is 9.99 Å². The SMILES string of the molecule is CCc1cc2c(NN3CCN(C)CC3)nc(NC)nc2s1. The second kappa shape index (κ2) is 6.13. The Morgan fingerprint density at radius 2 is 2.00 bits per heavy atom. The van der Waals surface area contributed by atoms with Gasteiger partial charge in [0.1, 0.15) is 4.83 Å². The number of fused-ring (bicyclic) bond motifs is 1. The number of hydrogen-bond acceptors (Lipinski definition) is 7. The lowest BCUT2D eigenvalue weighted by molar-refractivity contribution is 0.178. The van der Waals surface area contributed by atoms with Gasteiger partial charge in [0.25, 0.3) is 0 Å². The van der Waals surface area contributed by atoms with Crippen molar-refractivity contribution in [2.75, 3.05) is 51.0 Å². The van der Waals surface area contributed by atoms with Crippen molar-refractivity contribution in [2.45, 2.75) is 13.3 Å². The van der Waals surface area contributed by atoms with Crippen molar-refractivity contribution in [1.82, 2.24) is 19.9 Å². The highest BCUT2D eigenvalue weighted by atomic mass is 32.1. The van der Waals surface area contributed by atoms with Gasteiger partial charge < -0.3 is 15.6 Å². The third-order valence-electron chi connectivity index (χ3n) is 3.78. The van der Waals surface area contributed by atoms with Crippen molar-refractivity contribution >= 4 is 33.3 Å². The number of aromatic nitrogens is 2. The number of likely N-dealkylation sites (N-methyl/N-ethyl adjacent to an activating group) is 1. The molecule has 3 heterocycles. The second-order valence-electron chi connectivity index (χ2n) is 5.33. The Morgan fingerprint density at radius 3 is 2.67 bits per heavy atom. The van der Waals surface area contributed by atoms with Crippen LogP contribution in [0.1, 0.15) is 11.8 Å². The molecule has 3 rings (SSSR count). The van der Waals surface area contributed by atoms with Gasteiger partial charge in [-0.2, -0.15) is 4.98 Å². The third kappa shape index (κ3) is 3.09. The molecule has 21 heavy (non-hydrogen) atoms. The zero-order chi connectivity index (χ0) is 14.8. The molecule has 0 aromatic carbocycles. The summed E-state index contributed by atoms with van der Waals surface area (Å²) in [6.07, 6.45) is 1.03. The molecule has 0 amide bonds. The largest absolute Gasteiger partial charge is 0.357 e. The van der Waals surface area contributed by atoms with E-state index in [-0.39, 0.29) is 0 Å². The Hall–Kier alpha value is -1.44. The first kappa shape index (κ1) is 14.5. The average Bonchev–Trinajstić information content (AvgIpc) is 2.92. The molecule has 0 aliphatic carbocycles. The van der Waals surface area contributed by atoms with E-state index in [1.807, 2.05) is 7.05 Å². The van der Waals surface area contributed by atoms with Gasteiger partial charge in [-0.3, -0.25) is 0 Å². The molecule has 2 N–H and O–H groups in total. The maximum atomic E-state index is 4.60. The first-order valence-electron chi connectivity index (χ1n) is 7.38. The van der Waals surface area contributed by atoms with E-state index >= 15 is 0 Å². The highest BCUT2D eigenvalue weighted by molar-refractivity contribution is 7.18. The van der Waals surface area contributed by atoms with Crippen molar-refractivity contribution in [3.8, 4) is 0 Å². The first-order chi connectivity index (χ1) is 10.2. The fourth-order valence-electron chi connectivity index (χ4n) is 2.41. The van der Waals surface area contributed by atoms with Crippen LogP contribution in [-0.2, 0) is 6.42 Å². The minimum Gasteiger partial charge on any atom is -0.357 e. The van der Waals surface area contributed by atoms with Crippen LogP contribution in [0.25, 0.3) is 10.2 Å². The molecule has 0 atom stereocenters. The molecular weight excluding hydrogens is 284 g/mol. The number of rotatable bonds is 4. The molecule has 1 aliphatic rings. The van der Waals surface area contributed by atoms with Gasteiger partial charge in [0, 0.05) is 38.1 Å². The summed E-state index contributed by atoms with van der Waals surface area (Å²) in [6, 6.07) is 2.21. The highest BCUT2D eigenvalue weighted by Crippen LogP contribution is 2.30. The predicted molar refractivity (Wildman–Crippen MR) is 89.0 cm³/mol. The predicted octanol–water partition coefficient (Wildman–Crippen LogP) is 1.87. The number of nitrogens with one attached hydrogen (secondary N) is 2. The summed E-state index contributed by atoms with van der Waals surface area (Å²) in [5.74, 6) is 1.58. The van der Waals surface area contributed by atoms with Crippen LogP contribution in [-0.4, -0.2) is 60.2 Å². The van der Waals surface area contributed by atoms with Gasteiger partial charge in [0.2, 0.25) is 5.95 Å². The van der Waals surface area contributed by atoms with Crippen molar-refractivity contribution in [2.24, 2.45) is 0 Å². The van der Waals surface area contributed by atoms with Crippen LogP contribution < -0.4 is 10.7 Å². The monoisotopic (exact) mass is 306 g/mol. The molecule has 0 saturated carbocycles. The van der Waals surface area contributed by atoms with E-state index in [0.717, 1.165) is 48.6 Å². The van der Waals surface area contributed by atoms with Crippen molar-refractivity contribution in [3.63, 3.8) is 0 Å². The van der Waals surface area contributed by atoms with Crippen LogP contribution in [0.2, 0.25) is 0 Å². The summed E-state index contributed by atoms with van der Waals surface area (Å²) in [4.78, 5) is 13.9. The third-order valence-corrected chi connectivity index (χ3v) is 4.96. The Labute approximate surface area is 129 Å². The Balaban J connectivity index is 1.90. The number of piperazine rings is 1. The van der Waals surface area contributed by atoms with Crippen LogP contribution in [0.4, 0.5) is 11.8 Å². The van der Waals surface area contributed by atoms with Crippen LogP contribution in [0.15, 0.2) is 6.07 Å². The molecule has 7 heteroatoms. The lowest BCUT2D eigenvalue weighted by atomic mass is 10.3. The molecule has 0 spiro atoms. The first-order valence-corrected chi connectivity index (χ1v) is 8.19. The molecule has 1 aliphatic heterocycles. The smallest absolute Gasteiger partial charge is 0.225 e. The Bertz CT molecular complexity index is 617. The van der Waals surface area contributed by atoms with Crippen LogP contribution in [0.3, 0.4) is 0 Å². The van der Waals surface area contributed by atoms with Crippen LogP contribution in [0.5, 0.6) is 0 Å². The second-order valence-corrected chi connectivity index (χ2v) is 6.45. The highest BCUT2D eigenvalue weighted by Gasteiger charge is 2.17. The van der Waals surface area contributed by atoms with E-state index in [9.17, 15) is 0 Å². The summed E-state index contributed by atoms with van der Waals surface area (Å²) < 4.78 is 0. The van der Waals surface area contributed by atoms with Crippen molar-refractivity contribution in [3.05, 3.63) is 10.9 Å². The van der Waals surface area contributed by atoms with Crippen molar-refractivity contribution in [1.29, 1.82) is 0 Å². The van der Waals surface area contributed by atoms with E-state index in [1.165, 1.54) is 4.88 Å². The minimum absolute atomic E-state index is 0.670. The van der Waals surface area contributed by atoms with E-state index in [4.69, 9.17) is 0 Å². The van der Waals surface area contributed by atoms with Gasteiger partial charge >= 0.3 is 0 Å². The molecular formula is C14H22N6S. The van der Waals surface area contributed by atoms with Gasteiger partial charge in [-0.05, 0) is 19.5 Å². The fraction of sp³-hybridized carbons (Fsp3) is 0.571. The van der Waals surface area contributed by atoms with E-state index in [0.29, 0.717) is 5.95 Å². The molecule has 6 nitrogen and oxygen atoms in total. The molecule has 0 unspecified atom stereocenters. The van der Waals surface area contributed by atoms with Gasteiger partial charge in [0.15, 0.2) is 5.82 Å². The summed E-state index contributed by atoms with van der Waals surface area (Å²) in [6.45, 7) is 6.32. The van der Waals surface area contributed by atoms with E-state index in [1.54, 1.807) is 11.3 Å². The molecule has 0 bridgehead atoms. The lowest BCUT2D eigenvalue weighted by Gasteiger charge is -2.32. The zero-order valence-electron chi connectivity index (χ0n) is 12.8. The number of thiophene rings is 1. The normalized spacial score (nSPS) is 17.3. The molecule has 114 valence electrons. The maximum Gasteiger partial charge on any atom is 0.225 e. The number of nitrogens with zero attached hydrogens (tertiary/aromatic N) is 4. The minimum atomic E-state index is 0.670. The number of hydrazine groups is 1. The topological polar surface area (TPSA) is 56.3 Å². The summed E-state index contributed by atoms with van der Waals surface area (Å²) in [5.41, 5.74) is 3.48. The molecule has 1 saturated heterocycles. The lowest BCUT2D eigenvalue weighted by Crippen LogP contribution is -2.47. The molecule has 2 aromatic rings. The van der Waals surface area contributed by atoms with Gasteiger partial charge in [-0.1, -0.05) is 6.92 Å². The number of anilines is 2. The van der Waals surface area contributed by atoms with Gasteiger partial charge in [0.05, 0.1) is 5.39 Å². The fourth-order valence-corrected chi connectivity index (χ4v) is 3.38. The van der Waals surface area contributed by atoms with Crippen LogP contribution >= 0.6 is 11.3 Å². The quantitative estimate of drug-likeness (QED) is 0.899. The summed E-state index contributed by atoms with van der Waals surface area (Å²) in [5, 5.41) is 6.41. The molecule has 2 aromatic heterocycles. The Morgan fingerprint density at radius 1 is 1.24 bits per heavy atom. The Kier molecular flexibility index (Phi) is 4.23. The standard InChI is InChI=1S/C14H22N6S/c1-4-10-9-11-12(16-14(15-2)17-13(11)21-10)18-20-7-5-19(3)6-8-20/h9H,4-8H2,1-3H3,(H2,15,16,17,18). The van der Waals surface area contributed by atoms with Crippen LogP contribution in [0, 0.1) is 0 Å². The summed E-state index contributed by atoms with van der Waals surface area (Å²) in [7, 11) is 4.01.